The number of nitrogens with zero attached hydrogens (tertiary/aromatic N) is 1. The Kier molecular flexibility index (Phi) is 5.75. The minimum Gasteiger partial charge on any atom is -0.482 e. The summed E-state index contributed by atoms with van der Waals surface area (Å²) < 4.78 is 10.7. The predicted octanol–water partition coefficient (Wildman–Crippen LogP) is 3.63. The van der Waals surface area contributed by atoms with Gasteiger partial charge in [-0.25, -0.2) is 4.79 Å². The highest BCUT2D eigenvalue weighted by Crippen LogP contribution is 2.27. The summed E-state index contributed by atoms with van der Waals surface area (Å²) in [4.78, 5) is 24.5. The Morgan fingerprint density at radius 3 is 2.62 bits per heavy atom. The van der Waals surface area contributed by atoms with Crippen LogP contribution in [0.2, 0.25) is 10.0 Å². The van der Waals surface area contributed by atoms with Gasteiger partial charge in [0, 0.05) is 18.1 Å². The molecule has 0 fully saturated rings. The molecule has 0 bridgehead atoms. The van der Waals surface area contributed by atoms with Gasteiger partial charge < -0.3 is 19.2 Å². The average Bonchev–Trinajstić information content (AvgIpc) is 2.88. The van der Waals surface area contributed by atoms with Gasteiger partial charge in [0.1, 0.15) is 22.8 Å². The molecular formula is C16H15Cl2NO5. The third kappa shape index (κ3) is 4.43. The second-order valence-corrected chi connectivity index (χ2v) is 5.94. The summed E-state index contributed by atoms with van der Waals surface area (Å²) in [6.07, 6.45) is 0. The molecule has 128 valence electrons. The normalized spacial score (nSPS) is 10.5. The van der Waals surface area contributed by atoms with E-state index < -0.39 is 5.97 Å². The number of likely N-dealkylation sites (N-methyl/N-ethyl adjacent to an activating group) is 1. The van der Waals surface area contributed by atoms with Gasteiger partial charge in [0.15, 0.2) is 6.61 Å². The van der Waals surface area contributed by atoms with E-state index in [2.05, 4.69) is 0 Å². The van der Waals surface area contributed by atoms with Crippen LogP contribution < -0.4 is 4.74 Å². The van der Waals surface area contributed by atoms with Crippen molar-refractivity contribution in [2.45, 2.75) is 13.5 Å². The lowest BCUT2D eigenvalue weighted by atomic mass is 10.2. The first kappa shape index (κ1) is 18.2. The minimum absolute atomic E-state index is 0.0767. The molecule has 1 aromatic heterocycles. The van der Waals surface area contributed by atoms with E-state index in [4.69, 9.17) is 37.5 Å². The third-order valence-corrected chi connectivity index (χ3v) is 3.81. The molecule has 0 aliphatic rings. The average molecular weight is 372 g/mol. The number of amides is 1. The van der Waals surface area contributed by atoms with Gasteiger partial charge in [-0.1, -0.05) is 23.2 Å². The van der Waals surface area contributed by atoms with Crippen molar-refractivity contribution >= 4 is 35.1 Å². The second kappa shape index (κ2) is 7.59. The van der Waals surface area contributed by atoms with Crippen LogP contribution in [0.4, 0.5) is 0 Å². The third-order valence-electron chi connectivity index (χ3n) is 3.26. The van der Waals surface area contributed by atoms with Crippen LogP contribution >= 0.6 is 23.2 Å². The lowest BCUT2D eigenvalue weighted by Crippen LogP contribution is -2.30. The fourth-order valence-electron chi connectivity index (χ4n) is 1.99. The summed E-state index contributed by atoms with van der Waals surface area (Å²) in [5.41, 5.74) is 0.0767. The Bertz CT molecular complexity index is 772. The van der Waals surface area contributed by atoms with E-state index in [1.807, 2.05) is 0 Å². The number of carboxylic acids is 1. The fraction of sp³-hybridized carbons (Fsp3) is 0.250. The summed E-state index contributed by atoms with van der Waals surface area (Å²) in [7, 11) is 1.56. The molecule has 0 spiro atoms. The number of aryl methyl sites for hydroxylation is 1. The molecule has 1 aromatic carbocycles. The number of ether oxygens (including phenoxy) is 1. The Hall–Kier alpha value is -2.18. The fourth-order valence-corrected chi connectivity index (χ4v) is 2.33. The molecule has 0 unspecified atom stereocenters. The first-order valence-electron chi connectivity index (χ1n) is 6.92. The molecule has 0 saturated heterocycles. The molecule has 1 amide bonds. The highest BCUT2D eigenvalue weighted by molar-refractivity contribution is 6.34. The van der Waals surface area contributed by atoms with Gasteiger partial charge in [-0.15, -0.1) is 0 Å². The number of halogens is 2. The maximum Gasteiger partial charge on any atom is 0.339 e. The SMILES string of the molecule is Cc1oc(CN(C)C(=O)COc2cc(Cl)ccc2Cl)cc1C(=O)O. The zero-order chi connectivity index (χ0) is 17.9. The van der Waals surface area contributed by atoms with Gasteiger partial charge in [0.25, 0.3) is 5.91 Å². The summed E-state index contributed by atoms with van der Waals surface area (Å²) >= 11 is 11.8. The van der Waals surface area contributed by atoms with Gasteiger partial charge in [-0.2, -0.15) is 0 Å². The Morgan fingerprint density at radius 1 is 1.29 bits per heavy atom. The molecule has 8 heteroatoms. The van der Waals surface area contributed by atoms with Crippen LogP contribution in [0.15, 0.2) is 28.7 Å². The molecule has 0 aliphatic carbocycles. The molecular weight excluding hydrogens is 357 g/mol. The standard InChI is InChI=1S/C16H15Cl2NO5/c1-9-12(16(21)22)6-11(24-9)7-19(2)15(20)8-23-14-5-10(17)3-4-13(14)18/h3-6H,7-8H2,1-2H3,(H,21,22). The number of hydrogen-bond acceptors (Lipinski definition) is 4. The molecule has 2 aromatic rings. The van der Waals surface area contributed by atoms with Gasteiger partial charge in [0.05, 0.1) is 11.6 Å². The van der Waals surface area contributed by atoms with E-state index in [0.717, 1.165) is 0 Å². The van der Waals surface area contributed by atoms with Crippen molar-refractivity contribution in [3.63, 3.8) is 0 Å². The smallest absolute Gasteiger partial charge is 0.339 e. The number of carbonyl (C=O) groups excluding carboxylic acids is 1. The lowest BCUT2D eigenvalue weighted by Gasteiger charge is -2.16. The van der Waals surface area contributed by atoms with Crippen molar-refractivity contribution in [1.82, 2.24) is 4.90 Å². The molecule has 6 nitrogen and oxygen atoms in total. The van der Waals surface area contributed by atoms with Crippen molar-refractivity contribution in [2.24, 2.45) is 0 Å². The zero-order valence-corrected chi connectivity index (χ0v) is 14.5. The Morgan fingerprint density at radius 2 is 2.00 bits per heavy atom. The number of furan rings is 1. The summed E-state index contributed by atoms with van der Waals surface area (Å²) in [6.45, 7) is 1.45. The van der Waals surface area contributed by atoms with Crippen LogP contribution in [-0.2, 0) is 11.3 Å². The predicted molar refractivity (Wildman–Crippen MR) is 88.8 cm³/mol. The minimum atomic E-state index is -1.07. The van der Waals surface area contributed by atoms with E-state index in [1.54, 1.807) is 26.1 Å². The first-order valence-corrected chi connectivity index (χ1v) is 7.68. The van der Waals surface area contributed by atoms with Crippen molar-refractivity contribution in [3.8, 4) is 5.75 Å². The van der Waals surface area contributed by atoms with Crippen LogP contribution in [0.5, 0.6) is 5.75 Å². The summed E-state index contributed by atoms with van der Waals surface area (Å²) in [6, 6.07) is 6.11. The molecule has 0 saturated carbocycles. The Labute approximate surface area is 148 Å². The summed E-state index contributed by atoms with van der Waals surface area (Å²) in [5, 5.41) is 9.79. The largest absolute Gasteiger partial charge is 0.482 e. The number of carboxylic acid groups (broad SMARTS) is 1. The van der Waals surface area contributed by atoms with Crippen LogP contribution in [0, 0.1) is 6.92 Å². The van der Waals surface area contributed by atoms with Crippen LogP contribution in [0.3, 0.4) is 0 Å². The number of rotatable bonds is 6. The molecule has 1 heterocycles. The van der Waals surface area contributed by atoms with E-state index in [0.29, 0.717) is 27.3 Å². The van der Waals surface area contributed by atoms with Gasteiger partial charge in [0.2, 0.25) is 0 Å². The van der Waals surface area contributed by atoms with Crippen LogP contribution in [0.1, 0.15) is 21.9 Å². The van der Waals surface area contributed by atoms with Crippen molar-refractivity contribution in [2.75, 3.05) is 13.7 Å². The number of benzene rings is 1. The number of hydrogen-bond donors (Lipinski definition) is 1. The Balaban J connectivity index is 1.96. The quantitative estimate of drug-likeness (QED) is 0.838. The van der Waals surface area contributed by atoms with E-state index >= 15 is 0 Å². The van der Waals surface area contributed by atoms with E-state index in [1.165, 1.54) is 17.0 Å². The van der Waals surface area contributed by atoms with Gasteiger partial charge in [-0.05, 0) is 25.1 Å². The number of carbonyl (C=O) groups is 2. The molecule has 24 heavy (non-hydrogen) atoms. The van der Waals surface area contributed by atoms with Crippen molar-refractivity contribution < 1.29 is 23.8 Å². The topological polar surface area (TPSA) is 80.0 Å². The molecule has 0 atom stereocenters. The lowest BCUT2D eigenvalue weighted by molar-refractivity contribution is -0.132. The maximum absolute atomic E-state index is 12.1. The highest BCUT2D eigenvalue weighted by Gasteiger charge is 2.17. The molecule has 0 aliphatic heterocycles. The second-order valence-electron chi connectivity index (χ2n) is 5.10. The van der Waals surface area contributed by atoms with Gasteiger partial charge in [-0.3, -0.25) is 4.79 Å². The first-order chi connectivity index (χ1) is 11.3. The zero-order valence-electron chi connectivity index (χ0n) is 13.0. The van der Waals surface area contributed by atoms with E-state index in [-0.39, 0.29) is 24.6 Å². The molecule has 1 N–H and O–H groups in total. The summed E-state index contributed by atoms with van der Waals surface area (Å²) in [5.74, 6) is -0.415. The van der Waals surface area contributed by atoms with Crippen LogP contribution in [-0.4, -0.2) is 35.5 Å². The van der Waals surface area contributed by atoms with E-state index in [9.17, 15) is 9.59 Å². The highest BCUT2D eigenvalue weighted by atomic mass is 35.5. The van der Waals surface area contributed by atoms with Crippen molar-refractivity contribution in [3.05, 3.63) is 51.4 Å². The van der Waals surface area contributed by atoms with Crippen LogP contribution in [0.25, 0.3) is 0 Å². The van der Waals surface area contributed by atoms with Gasteiger partial charge >= 0.3 is 5.97 Å². The number of aromatic carboxylic acids is 1. The maximum atomic E-state index is 12.1. The van der Waals surface area contributed by atoms with Crippen molar-refractivity contribution in [1.29, 1.82) is 0 Å². The molecule has 0 radical (unpaired) electrons. The monoisotopic (exact) mass is 371 g/mol. The molecule has 2 rings (SSSR count).